The third-order valence-electron chi connectivity index (χ3n) is 2.99. The van der Waals surface area contributed by atoms with Crippen molar-refractivity contribution in [1.82, 2.24) is 4.72 Å². The van der Waals surface area contributed by atoms with Crippen LogP contribution in [-0.4, -0.2) is 33.2 Å². The molecule has 2 aromatic carbocycles. The fraction of sp³-hybridized carbons (Fsp3) is 0.235. The molecule has 0 saturated carbocycles. The molecule has 0 amide bonds. The number of carbonyl (C=O) groups excluding carboxylic acids is 1. The Morgan fingerprint density at radius 3 is 1.80 bits per heavy atom. The van der Waals surface area contributed by atoms with Gasteiger partial charge in [0.1, 0.15) is 11.5 Å². The van der Waals surface area contributed by atoms with Crippen LogP contribution in [0.5, 0.6) is 11.5 Å². The van der Waals surface area contributed by atoms with Crippen molar-refractivity contribution < 1.29 is 27.4 Å². The molecule has 134 valence electrons. The van der Waals surface area contributed by atoms with E-state index in [0.717, 1.165) is 7.11 Å². The molecule has 1 N–H and O–H groups in total. The summed E-state index contributed by atoms with van der Waals surface area (Å²) in [6.07, 6.45) is 0. The van der Waals surface area contributed by atoms with Gasteiger partial charge in [0.25, 0.3) is 0 Å². The highest BCUT2D eigenvalue weighted by atomic mass is 32.2. The zero-order valence-corrected chi connectivity index (χ0v) is 14.7. The van der Waals surface area contributed by atoms with Crippen LogP contribution in [0.4, 0.5) is 0 Å². The van der Waals surface area contributed by atoms with Gasteiger partial charge in [-0.15, -0.1) is 4.72 Å². The molecule has 0 spiro atoms. The van der Waals surface area contributed by atoms with Gasteiger partial charge in [0.05, 0.1) is 7.11 Å². The summed E-state index contributed by atoms with van der Waals surface area (Å²) < 4.78 is 42.5. The number of ether oxygens (including phenoxy) is 3. The lowest BCUT2D eigenvalue weighted by Gasteiger charge is -2.31. The van der Waals surface area contributed by atoms with Crippen LogP contribution in [0.25, 0.3) is 0 Å². The molecule has 25 heavy (non-hydrogen) atoms. The molecule has 0 saturated heterocycles. The zero-order valence-electron chi connectivity index (χ0n) is 13.8. The summed E-state index contributed by atoms with van der Waals surface area (Å²) in [6, 6.07) is 17.2. The second-order valence-electron chi connectivity index (χ2n) is 5.21. The van der Waals surface area contributed by atoms with Gasteiger partial charge in [-0.2, -0.15) is 0 Å². The molecular formula is C17H19NO6S. The SMILES string of the molecule is COC(=O)CS(=O)(=O)NC(C)(Oc1ccccc1)Oc1ccccc1. The number of nitrogens with one attached hydrogen (secondary N) is 1. The van der Waals surface area contributed by atoms with Crippen molar-refractivity contribution >= 4 is 16.0 Å². The molecular weight excluding hydrogens is 346 g/mol. The predicted molar refractivity (Wildman–Crippen MR) is 91.5 cm³/mol. The van der Waals surface area contributed by atoms with Gasteiger partial charge >= 0.3 is 11.9 Å². The first-order valence-electron chi connectivity index (χ1n) is 7.38. The number of para-hydroxylation sites is 2. The summed E-state index contributed by atoms with van der Waals surface area (Å²) in [5.74, 6) is -2.73. The van der Waals surface area contributed by atoms with E-state index >= 15 is 0 Å². The van der Waals surface area contributed by atoms with Crippen LogP contribution in [0, 0.1) is 0 Å². The molecule has 0 fully saturated rings. The van der Waals surface area contributed by atoms with E-state index in [2.05, 4.69) is 9.46 Å². The van der Waals surface area contributed by atoms with E-state index in [4.69, 9.17) is 9.47 Å². The third kappa shape index (κ3) is 6.09. The van der Waals surface area contributed by atoms with Crippen molar-refractivity contribution in [2.45, 2.75) is 12.8 Å². The van der Waals surface area contributed by atoms with Crippen LogP contribution in [0.3, 0.4) is 0 Å². The molecule has 2 rings (SSSR count). The third-order valence-corrected chi connectivity index (χ3v) is 4.29. The van der Waals surface area contributed by atoms with Crippen LogP contribution < -0.4 is 14.2 Å². The minimum absolute atomic E-state index is 0.390. The minimum Gasteiger partial charge on any atom is -0.468 e. The minimum atomic E-state index is -4.07. The maximum absolute atomic E-state index is 12.2. The first kappa shape index (κ1) is 18.8. The van der Waals surface area contributed by atoms with Crippen LogP contribution in [-0.2, 0) is 19.6 Å². The van der Waals surface area contributed by atoms with Gasteiger partial charge in [-0.25, -0.2) is 8.42 Å². The summed E-state index contributed by atoms with van der Waals surface area (Å²) in [4.78, 5) is 11.3. The maximum Gasteiger partial charge on any atom is 0.323 e. The molecule has 0 aliphatic rings. The van der Waals surface area contributed by atoms with E-state index in [-0.39, 0.29) is 0 Å². The molecule has 2 aromatic rings. The van der Waals surface area contributed by atoms with Crippen molar-refractivity contribution in [3.05, 3.63) is 60.7 Å². The Morgan fingerprint density at radius 1 is 0.960 bits per heavy atom. The molecule has 0 aliphatic heterocycles. The lowest BCUT2D eigenvalue weighted by molar-refractivity contribution is -0.137. The van der Waals surface area contributed by atoms with Crippen LogP contribution in [0.2, 0.25) is 0 Å². The Kier molecular flexibility index (Phi) is 6.00. The zero-order chi connectivity index (χ0) is 18.3. The quantitative estimate of drug-likeness (QED) is 0.568. The Balaban J connectivity index is 2.26. The number of methoxy groups -OCH3 is 1. The van der Waals surface area contributed by atoms with Gasteiger partial charge in [-0.3, -0.25) is 4.79 Å². The predicted octanol–water partition coefficient (Wildman–Crippen LogP) is 1.91. The number of carbonyl (C=O) groups is 1. The van der Waals surface area contributed by atoms with Gasteiger partial charge in [0, 0.05) is 6.92 Å². The number of hydrogen-bond donors (Lipinski definition) is 1. The van der Waals surface area contributed by atoms with Gasteiger partial charge in [0.15, 0.2) is 5.75 Å². The van der Waals surface area contributed by atoms with Gasteiger partial charge in [0.2, 0.25) is 10.0 Å². The number of hydrogen-bond acceptors (Lipinski definition) is 6. The number of esters is 1. The molecule has 0 unspecified atom stereocenters. The molecule has 0 atom stereocenters. The van der Waals surface area contributed by atoms with Crippen molar-refractivity contribution in [1.29, 1.82) is 0 Å². The normalized spacial score (nSPS) is 11.6. The first-order valence-corrected chi connectivity index (χ1v) is 9.04. The fourth-order valence-electron chi connectivity index (χ4n) is 2.02. The fourth-order valence-corrected chi connectivity index (χ4v) is 3.17. The largest absolute Gasteiger partial charge is 0.468 e. The van der Waals surface area contributed by atoms with Crippen molar-refractivity contribution in [3.8, 4) is 11.5 Å². The molecule has 0 bridgehead atoms. The summed E-state index contributed by atoms with van der Waals surface area (Å²) in [6.45, 7) is 1.40. The standard InChI is InChI=1S/C17H19NO6S/c1-17(23-14-9-5-3-6-10-14,24-15-11-7-4-8-12-15)18-25(20,21)13-16(19)22-2/h3-12,18H,13H2,1-2H3. The van der Waals surface area contributed by atoms with E-state index in [0.29, 0.717) is 11.5 Å². The highest BCUT2D eigenvalue weighted by molar-refractivity contribution is 7.90. The molecule has 0 heterocycles. The van der Waals surface area contributed by atoms with Crippen molar-refractivity contribution in [3.63, 3.8) is 0 Å². The summed E-state index contributed by atoms with van der Waals surface area (Å²) in [5.41, 5.74) is 0. The Bertz CT molecular complexity index is 751. The maximum atomic E-state index is 12.2. The lowest BCUT2D eigenvalue weighted by atomic mass is 10.3. The molecule has 7 nitrogen and oxygen atoms in total. The summed E-state index contributed by atoms with van der Waals surface area (Å²) in [5, 5.41) is 0. The Labute approximate surface area is 146 Å². The lowest BCUT2D eigenvalue weighted by Crippen LogP contribution is -2.56. The first-order chi connectivity index (χ1) is 11.8. The van der Waals surface area contributed by atoms with Crippen molar-refractivity contribution in [2.24, 2.45) is 0 Å². The van der Waals surface area contributed by atoms with Gasteiger partial charge in [-0.1, -0.05) is 36.4 Å². The van der Waals surface area contributed by atoms with Crippen LogP contribution >= 0.6 is 0 Å². The van der Waals surface area contributed by atoms with Gasteiger partial charge < -0.3 is 14.2 Å². The number of rotatable bonds is 8. The average Bonchev–Trinajstić information content (AvgIpc) is 2.55. The second kappa shape index (κ2) is 8.00. The molecule has 0 radical (unpaired) electrons. The second-order valence-corrected chi connectivity index (χ2v) is 6.94. The van der Waals surface area contributed by atoms with Crippen LogP contribution in [0.15, 0.2) is 60.7 Å². The number of benzene rings is 2. The molecule has 8 heteroatoms. The monoisotopic (exact) mass is 365 g/mol. The van der Waals surface area contributed by atoms with E-state index in [9.17, 15) is 13.2 Å². The van der Waals surface area contributed by atoms with Gasteiger partial charge in [-0.05, 0) is 24.3 Å². The van der Waals surface area contributed by atoms with E-state index < -0.39 is 27.7 Å². The van der Waals surface area contributed by atoms with E-state index in [1.807, 2.05) is 0 Å². The summed E-state index contributed by atoms with van der Waals surface area (Å²) >= 11 is 0. The Morgan fingerprint density at radius 2 is 1.40 bits per heavy atom. The topological polar surface area (TPSA) is 90.9 Å². The molecule has 0 aromatic heterocycles. The average molecular weight is 365 g/mol. The molecule has 0 aliphatic carbocycles. The van der Waals surface area contributed by atoms with E-state index in [1.165, 1.54) is 6.92 Å². The Hall–Kier alpha value is -2.58. The highest BCUT2D eigenvalue weighted by Crippen LogP contribution is 2.22. The van der Waals surface area contributed by atoms with Crippen LogP contribution in [0.1, 0.15) is 6.92 Å². The number of sulfonamides is 1. The van der Waals surface area contributed by atoms with E-state index in [1.54, 1.807) is 60.7 Å². The highest BCUT2D eigenvalue weighted by Gasteiger charge is 2.35. The smallest absolute Gasteiger partial charge is 0.323 e. The summed E-state index contributed by atoms with van der Waals surface area (Å²) in [7, 11) is -2.96. The van der Waals surface area contributed by atoms with Crippen molar-refractivity contribution in [2.75, 3.05) is 12.9 Å².